The van der Waals surface area contributed by atoms with Crippen molar-refractivity contribution in [2.24, 2.45) is 0 Å². The number of nitrogens with zero attached hydrogens (tertiary/aromatic N) is 1. The van der Waals surface area contributed by atoms with Crippen molar-refractivity contribution in [2.75, 3.05) is 19.8 Å². The van der Waals surface area contributed by atoms with Crippen molar-refractivity contribution in [1.82, 2.24) is 4.90 Å². The summed E-state index contributed by atoms with van der Waals surface area (Å²) in [6.07, 6.45) is 1.56. The van der Waals surface area contributed by atoms with Gasteiger partial charge >= 0.3 is 5.97 Å². The fourth-order valence-corrected chi connectivity index (χ4v) is 4.13. The lowest BCUT2D eigenvalue weighted by atomic mass is 10.1. The molecular formula is C26H23NO6S. The van der Waals surface area contributed by atoms with Gasteiger partial charge in [0, 0.05) is 11.6 Å². The summed E-state index contributed by atoms with van der Waals surface area (Å²) in [5.41, 5.74) is 2.35. The van der Waals surface area contributed by atoms with E-state index in [-0.39, 0.29) is 30.3 Å². The topological polar surface area (TPSA) is 86.0 Å². The maximum Gasteiger partial charge on any atom is 0.338 e. The molecule has 2 amide bonds. The standard InChI is InChI=1S/C26H23NO6S/c1-3-31-25(29)19-8-6-18(7-9-19)22-13-12-21(33-22)16-23-24(28)27(26(30)34-23)14-15-32-20-10-4-17(2)5-11-20/h4-13,16H,3,14-15H2,1-2H3/b23-16-. The molecule has 0 N–H and O–H groups in total. The molecule has 7 nitrogen and oxygen atoms in total. The van der Waals surface area contributed by atoms with Crippen LogP contribution in [0.3, 0.4) is 0 Å². The first kappa shape index (κ1) is 23.4. The lowest BCUT2D eigenvalue weighted by Crippen LogP contribution is -2.32. The fourth-order valence-electron chi connectivity index (χ4n) is 3.28. The lowest BCUT2D eigenvalue weighted by molar-refractivity contribution is -0.123. The second-order valence-electron chi connectivity index (χ2n) is 7.49. The van der Waals surface area contributed by atoms with E-state index in [0.29, 0.717) is 34.3 Å². The fraction of sp³-hybridized carbons (Fsp3) is 0.192. The molecule has 1 fully saturated rings. The van der Waals surface area contributed by atoms with E-state index in [1.807, 2.05) is 31.2 Å². The molecule has 0 atom stereocenters. The van der Waals surface area contributed by atoms with Gasteiger partial charge in [-0.2, -0.15) is 0 Å². The van der Waals surface area contributed by atoms with Gasteiger partial charge in [-0.15, -0.1) is 0 Å². The number of imide groups is 1. The zero-order valence-electron chi connectivity index (χ0n) is 18.8. The lowest BCUT2D eigenvalue weighted by Gasteiger charge is -2.13. The third kappa shape index (κ3) is 5.40. The SMILES string of the molecule is CCOC(=O)c1ccc(-c2ccc(/C=C3\SC(=O)N(CCOc4ccc(C)cc4)C3=O)o2)cc1. The minimum atomic E-state index is -0.380. The number of carbonyl (C=O) groups is 3. The molecule has 1 aliphatic heterocycles. The molecule has 0 bridgehead atoms. The van der Waals surface area contributed by atoms with Gasteiger partial charge in [-0.05, 0) is 62.0 Å². The zero-order chi connectivity index (χ0) is 24.1. The molecule has 0 radical (unpaired) electrons. The van der Waals surface area contributed by atoms with Crippen molar-refractivity contribution in [3.8, 4) is 17.1 Å². The van der Waals surface area contributed by atoms with Gasteiger partial charge in [0.25, 0.3) is 11.1 Å². The van der Waals surface area contributed by atoms with Crippen molar-refractivity contribution in [3.63, 3.8) is 0 Å². The third-order valence-electron chi connectivity index (χ3n) is 5.06. The van der Waals surface area contributed by atoms with Crippen molar-refractivity contribution in [3.05, 3.63) is 82.5 Å². The maximum atomic E-state index is 12.7. The normalized spacial score (nSPS) is 14.6. The number of thioether (sulfide) groups is 1. The van der Waals surface area contributed by atoms with E-state index in [1.165, 1.54) is 4.90 Å². The Labute approximate surface area is 201 Å². The highest BCUT2D eigenvalue weighted by Gasteiger charge is 2.35. The number of aryl methyl sites for hydroxylation is 1. The molecule has 3 aromatic rings. The second-order valence-corrected chi connectivity index (χ2v) is 8.49. The van der Waals surface area contributed by atoms with E-state index in [4.69, 9.17) is 13.9 Å². The second kappa shape index (κ2) is 10.4. The Morgan fingerprint density at radius 2 is 1.76 bits per heavy atom. The number of hydrogen-bond donors (Lipinski definition) is 0. The summed E-state index contributed by atoms with van der Waals surface area (Å²) >= 11 is 0.871. The monoisotopic (exact) mass is 477 g/mol. The smallest absolute Gasteiger partial charge is 0.338 e. The molecule has 0 saturated carbocycles. The van der Waals surface area contributed by atoms with Crippen molar-refractivity contribution >= 4 is 35.0 Å². The number of amides is 2. The van der Waals surface area contributed by atoms with Crippen LogP contribution in [0.4, 0.5) is 4.79 Å². The van der Waals surface area contributed by atoms with Gasteiger partial charge in [0.2, 0.25) is 0 Å². The van der Waals surface area contributed by atoms with Crippen molar-refractivity contribution < 1.29 is 28.3 Å². The van der Waals surface area contributed by atoms with E-state index in [2.05, 4.69) is 0 Å². The van der Waals surface area contributed by atoms with Crippen LogP contribution in [-0.4, -0.2) is 41.8 Å². The Balaban J connectivity index is 1.38. The van der Waals surface area contributed by atoms with E-state index >= 15 is 0 Å². The van der Waals surface area contributed by atoms with Crippen LogP contribution in [0.15, 0.2) is 70.0 Å². The molecule has 1 saturated heterocycles. The summed E-state index contributed by atoms with van der Waals surface area (Å²) in [7, 11) is 0. The van der Waals surface area contributed by atoms with Crippen LogP contribution < -0.4 is 4.74 Å². The Kier molecular flexibility index (Phi) is 7.18. The number of carbonyl (C=O) groups excluding carboxylic acids is 3. The molecule has 0 spiro atoms. The van der Waals surface area contributed by atoms with E-state index < -0.39 is 0 Å². The van der Waals surface area contributed by atoms with Crippen LogP contribution >= 0.6 is 11.8 Å². The van der Waals surface area contributed by atoms with Gasteiger partial charge < -0.3 is 13.9 Å². The van der Waals surface area contributed by atoms with Gasteiger partial charge in [-0.1, -0.05) is 29.8 Å². The Morgan fingerprint density at radius 1 is 1.03 bits per heavy atom. The Morgan fingerprint density at radius 3 is 2.47 bits per heavy atom. The quantitative estimate of drug-likeness (QED) is 0.311. The molecule has 0 aliphatic carbocycles. The van der Waals surface area contributed by atoms with E-state index in [9.17, 15) is 14.4 Å². The molecule has 1 aromatic heterocycles. The first-order valence-electron chi connectivity index (χ1n) is 10.8. The summed E-state index contributed by atoms with van der Waals surface area (Å²) in [6, 6.07) is 17.9. The van der Waals surface area contributed by atoms with Gasteiger partial charge in [-0.3, -0.25) is 14.5 Å². The van der Waals surface area contributed by atoms with E-state index in [0.717, 1.165) is 22.9 Å². The number of ether oxygens (including phenoxy) is 2. The first-order valence-corrected chi connectivity index (χ1v) is 11.6. The summed E-state index contributed by atoms with van der Waals surface area (Å²) in [5, 5.41) is -0.343. The zero-order valence-corrected chi connectivity index (χ0v) is 19.6. The maximum absolute atomic E-state index is 12.7. The molecule has 8 heteroatoms. The van der Waals surface area contributed by atoms with Crippen molar-refractivity contribution in [1.29, 1.82) is 0 Å². The minimum Gasteiger partial charge on any atom is -0.492 e. The number of furan rings is 1. The molecular weight excluding hydrogens is 454 g/mol. The summed E-state index contributed by atoms with van der Waals surface area (Å²) in [4.78, 5) is 38.3. The van der Waals surface area contributed by atoms with Gasteiger partial charge in [0.15, 0.2) is 0 Å². The van der Waals surface area contributed by atoms with Crippen LogP contribution in [-0.2, 0) is 9.53 Å². The number of esters is 1. The molecule has 4 rings (SSSR count). The van der Waals surface area contributed by atoms with Gasteiger partial charge in [0.05, 0.1) is 23.6 Å². The summed E-state index contributed by atoms with van der Waals surface area (Å²) in [6.45, 7) is 4.42. The number of hydrogen-bond acceptors (Lipinski definition) is 7. The number of benzene rings is 2. The van der Waals surface area contributed by atoms with Crippen molar-refractivity contribution in [2.45, 2.75) is 13.8 Å². The third-order valence-corrected chi connectivity index (χ3v) is 5.97. The van der Waals surface area contributed by atoms with Crippen LogP contribution in [0.1, 0.15) is 28.6 Å². The van der Waals surface area contributed by atoms with Gasteiger partial charge in [-0.25, -0.2) is 4.79 Å². The molecule has 2 heterocycles. The van der Waals surface area contributed by atoms with Crippen LogP contribution in [0.2, 0.25) is 0 Å². The van der Waals surface area contributed by atoms with Crippen LogP contribution in [0.25, 0.3) is 17.4 Å². The highest BCUT2D eigenvalue weighted by molar-refractivity contribution is 8.18. The molecule has 2 aromatic carbocycles. The van der Waals surface area contributed by atoms with Gasteiger partial charge in [0.1, 0.15) is 23.9 Å². The Hall–Kier alpha value is -3.78. The predicted molar refractivity (Wildman–Crippen MR) is 129 cm³/mol. The molecule has 34 heavy (non-hydrogen) atoms. The molecule has 0 unspecified atom stereocenters. The summed E-state index contributed by atoms with van der Waals surface area (Å²) < 4.78 is 16.5. The predicted octanol–water partition coefficient (Wildman–Crippen LogP) is 5.55. The molecule has 174 valence electrons. The number of rotatable bonds is 8. The van der Waals surface area contributed by atoms with E-state index in [1.54, 1.807) is 49.4 Å². The highest BCUT2D eigenvalue weighted by atomic mass is 32.2. The highest BCUT2D eigenvalue weighted by Crippen LogP contribution is 2.33. The molecule has 1 aliphatic rings. The average Bonchev–Trinajstić information content (AvgIpc) is 3.40. The van der Waals surface area contributed by atoms with Crippen LogP contribution in [0.5, 0.6) is 5.75 Å². The average molecular weight is 478 g/mol. The minimum absolute atomic E-state index is 0.159. The summed E-state index contributed by atoms with van der Waals surface area (Å²) in [5.74, 6) is 0.957. The van der Waals surface area contributed by atoms with Crippen LogP contribution in [0, 0.1) is 6.92 Å². The Bertz CT molecular complexity index is 1230. The first-order chi connectivity index (χ1) is 16.4. The largest absolute Gasteiger partial charge is 0.492 e.